The first-order valence-corrected chi connectivity index (χ1v) is 6.20. The fraction of sp³-hybridized carbons (Fsp3) is 0.571. The fourth-order valence-electron chi connectivity index (χ4n) is 1.79. The second-order valence-electron chi connectivity index (χ2n) is 4.14. The van der Waals surface area contributed by atoms with E-state index in [1.54, 1.807) is 7.11 Å². The number of methoxy groups -OCH3 is 1. The number of rotatable bonds is 8. The molecule has 0 aliphatic heterocycles. The molecule has 1 aromatic carbocycles. The summed E-state index contributed by atoms with van der Waals surface area (Å²) in [6.45, 7) is 4.30. The van der Waals surface area contributed by atoms with E-state index >= 15 is 0 Å². The van der Waals surface area contributed by atoms with Crippen molar-refractivity contribution in [2.24, 2.45) is 11.7 Å². The summed E-state index contributed by atoms with van der Waals surface area (Å²) in [5.74, 6) is 1.39. The van der Waals surface area contributed by atoms with E-state index in [0.717, 1.165) is 31.8 Å². The minimum absolute atomic E-state index is 0.495. The Hall–Kier alpha value is -1.06. The first-order chi connectivity index (χ1) is 8.30. The first-order valence-electron chi connectivity index (χ1n) is 6.20. The quantitative estimate of drug-likeness (QED) is 0.705. The highest BCUT2D eigenvalue weighted by Crippen LogP contribution is 2.16. The highest BCUT2D eigenvalue weighted by atomic mass is 16.5. The van der Waals surface area contributed by atoms with Crippen molar-refractivity contribution in [2.75, 3.05) is 26.9 Å². The van der Waals surface area contributed by atoms with E-state index in [2.05, 4.69) is 12.1 Å². The van der Waals surface area contributed by atoms with Gasteiger partial charge in [0.05, 0.1) is 7.11 Å². The largest absolute Gasteiger partial charge is 0.497 e. The van der Waals surface area contributed by atoms with E-state index in [1.165, 1.54) is 5.56 Å². The minimum Gasteiger partial charge on any atom is -0.497 e. The van der Waals surface area contributed by atoms with E-state index in [0.29, 0.717) is 12.5 Å². The monoisotopic (exact) mass is 237 g/mol. The Balaban J connectivity index is 2.43. The van der Waals surface area contributed by atoms with Gasteiger partial charge in [-0.25, -0.2) is 0 Å². The molecule has 0 saturated heterocycles. The van der Waals surface area contributed by atoms with Crippen LogP contribution < -0.4 is 10.5 Å². The van der Waals surface area contributed by atoms with Crippen LogP contribution in [-0.2, 0) is 11.2 Å². The summed E-state index contributed by atoms with van der Waals surface area (Å²) in [7, 11) is 1.68. The number of benzene rings is 1. The third-order valence-corrected chi connectivity index (χ3v) is 2.89. The molecule has 1 unspecified atom stereocenters. The number of nitrogens with two attached hydrogens (primary N) is 1. The van der Waals surface area contributed by atoms with Gasteiger partial charge in [0.25, 0.3) is 0 Å². The summed E-state index contributed by atoms with van der Waals surface area (Å²) in [6.07, 6.45) is 2.03. The molecule has 3 nitrogen and oxygen atoms in total. The van der Waals surface area contributed by atoms with Crippen LogP contribution in [0.25, 0.3) is 0 Å². The molecular formula is C14H23NO2. The van der Waals surface area contributed by atoms with Crippen LogP contribution in [0, 0.1) is 5.92 Å². The molecule has 0 bridgehead atoms. The van der Waals surface area contributed by atoms with Crippen LogP contribution in [0.3, 0.4) is 0 Å². The minimum atomic E-state index is 0.495. The van der Waals surface area contributed by atoms with Gasteiger partial charge < -0.3 is 15.2 Å². The maximum absolute atomic E-state index is 5.78. The van der Waals surface area contributed by atoms with Crippen LogP contribution in [0.15, 0.2) is 24.3 Å². The molecule has 3 heteroatoms. The molecular weight excluding hydrogens is 214 g/mol. The number of hydrogen-bond acceptors (Lipinski definition) is 3. The molecule has 0 fully saturated rings. The fourth-order valence-corrected chi connectivity index (χ4v) is 1.79. The summed E-state index contributed by atoms with van der Waals surface area (Å²) in [5, 5.41) is 0. The molecule has 0 heterocycles. The highest BCUT2D eigenvalue weighted by molar-refractivity contribution is 5.27. The SMILES string of the molecule is CCOCCC(CN)Cc1ccc(OC)cc1. The van der Waals surface area contributed by atoms with Crippen molar-refractivity contribution in [1.82, 2.24) is 0 Å². The molecule has 1 aromatic rings. The molecule has 0 aromatic heterocycles. The predicted octanol–water partition coefficient (Wildman–Crippen LogP) is 2.24. The van der Waals surface area contributed by atoms with E-state index in [9.17, 15) is 0 Å². The standard InChI is InChI=1S/C14H23NO2/c1-3-17-9-8-13(11-15)10-12-4-6-14(16-2)7-5-12/h4-7,13H,3,8-11,15H2,1-2H3. The second kappa shape index (κ2) is 8.09. The van der Waals surface area contributed by atoms with Crippen LogP contribution in [0.5, 0.6) is 5.75 Å². The summed E-state index contributed by atoms with van der Waals surface area (Å²) < 4.78 is 10.5. The molecule has 0 saturated carbocycles. The van der Waals surface area contributed by atoms with Crippen molar-refractivity contribution in [3.63, 3.8) is 0 Å². The zero-order chi connectivity index (χ0) is 12.5. The van der Waals surface area contributed by atoms with Gasteiger partial charge in [-0.3, -0.25) is 0 Å². The van der Waals surface area contributed by atoms with Gasteiger partial charge in [-0.1, -0.05) is 12.1 Å². The van der Waals surface area contributed by atoms with Crippen molar-refractivity contribution >= 4 is 0 Å². The lowest BCUT2D eigenvalue weighted by Crippen LogP contribution is -2.18. The van der Waals surface area contributed by atoms with Gasteiger partial charge in [-0.2, -0.15) is 0 Å². The van der Waals surface area contributed by atoms with E-state index < -0.39 is 0 Å². The average molecular weight is 237 g/mol. The molecule has 1 atom stereocenters. The van der Waals surface area contributed by atoms with Gasteiger partial charge in [0, 0.05) is 13.2 Å². The third-order valence-electron chi connectivity index (χ3n) is 2.89. The maximum atomic E-state index is 5.78. The van der Waals surface area contributed by atoms with Gasteiger partial charge in [-0.15, -0.1) is 0 Å². The maximum Gasteiger partial charge on any atom is 0.118 e. The summed E-state index contributed by atoms with van der Waals surface area (Å²) in [6, 6.07) is 8.18. The lowest BCUT2D eigenvalue weighted by atomic mass is 9.96. The molecule has 0 aliphatic carbocycles. The van der Waals surface area contributed by atoms with Gasteiger partial charge in [-0.05, 0) is 49.9 Å². The van der Waals surface area contributed by atoms with Crippen LogP contribution >= 0.6 is 0 Å². The predicted molar refractivity (Wildman–Crippen MR) is 70.4 cm³/mol. The number of ether oxygens (including phenoxy) is 2. The summed E-state index contributed by atoms with van der Waals surface area (Å²) >= 11 is 0. The Bertz CT molecular complexity index is 298. The Labute approximate surface area is 104 Å². The first kappa shape index (κ1) is 14.0. The van der Waals surface area contributed by atoms with Gasteiger partial charge in [0.15, 0.2) is 0 Å². The molecule has 0 spiro atoms. The Morgan fingerprint density at radius 1 is 1.24 bits per heavy atom. The van der Waals surface area contributed by atoms with E-state index in [-0.39, 0.29) is 0 Å². The molecule has 2 N–H and O–H groups in total. The van der Waals surface area contributed by atoms with Crippen molar-refractivity contribution in [1.29, 1.82) is 0 Å². The van der Waals surface area contributed by atoms with Gasteiger partial charge in [0.1, 0.15) is 5.75 Å². The zero-order valence-electron chi connectivity index (χ0n) is 10.8. The zero-order valence-corrected chi connectivity index (χ0v) is 10.8. The van der Waals surface area contributed by atoms with Crippen LogP contribution in [0.2, 0.25) is 0 Å². The third kappa shape index (κ3) is 5.20. The number of hydrogen-bond donors (Lipinski definition) is 1. The Kier molecular flexibility index (Phi) is 6.67. The van der Waals surface area contributed by atoms with Gasteiger partial charge >= 0.3 is 0 Å². The molecule has 96 valence electrons. The summed E-state index contributed by atoms with van der Waals surface area (Å²) in [4.78, 5) is 0. The van der Waals surface area contributed by atoms with E-state index in [1.807, 2.05) is 19.1 Å². The van der Waals surface area contributed by atoms with Crippen molar-refractivity contribution in [3.8, 4) is 5.75 Å². The van der Waals surface area contributed by atoms with Crippen molar-refractivity contribution in [2.45, 2.75) is 19.8 Å². The molecule has 0 aliphatic rings. The van der Waals surface area contributed by atoms with Gasteiger partial charge in [0.2, 0.25) is 0 Å². The van der Waals surface area contributed by atoms with Crippen LogP contribution in [-0.4, -0.2) is 26.9 Å². The van der Waals surface area contributed by atoms with Crippen LogP contribution in [0.1, 0.15) is 18.9 Å². The average Bonchev–Trinajstić information content (AvgIpc) is 2.38. The molecule has 17 heavy (non-hydrogen) atoms. The Morgan fingerprint density at radius 3 is 2.47 bits per heavy atom. The highest BCUT2D eigenvalue weighted by Gasteiger charge is 2.07. The topological polar surface area (TPSA) is 44.5 Å². The molecule has 0 radical (unpaired) electrons. The summed E-state index contributed by atoms with van der Waals surface area (Å²) in [5.41, 5.74) is 7.08. The normalized spacial score (nSPS) is 12.4. The van der Waals surface area contributed by atoms with Crippen LogP contribution in [0.4, 0.5) is 0 Å². The Morgan fingerprint density at radius 2 is 1.94 bits per heavy atom. The lowest BCUT2D eigenvalue weighted by molar-refractivity contribution is 0.133. The lowest BCUT2D eigenvalue weighted by Gasteiger charge is -2.14. The smallest absolute Gasteiger partial charge is 0.118 e. The second-order valence-corrected chi connectivity index (χ2v) is 4.14. The van der Waals surface area contributed by atoms with E-state index in [4.69, 9.17) is 15.2 Å². The molecule has 0 amide bonds. The van der Waals surface area contributed by atoms with Crippen molar-refractivity contribution in [3.05, 3.63) is 29.8 Å². The van der Waals surface area contributed by atoms with Crippen molar-refractivity contribution < 1.29 is 9.47 Å². The molecule has 1 rings (SSSR count).